The highest BCUT2D eigenvalue weighted by Gasteiger charge is 2.61. The summed E-state index contributed by atoms with van der Waals surface area (Å²) in [6.45, 7) is 4.04. The molecule has 1 spiro atoms. The van der Waals surface area contributed by atoms with Crippen LogP contribution in [0.4, 0.5) is 14.5 Å². The molecule has 3 fully saturated rings. The van der Waals surface area contributed by atoms with Gasteiger partial charge in [-0.05, 0) is 67.1 Å². The summed E-state index contributed by atoms with van der Waals surface area (Å²) in [4.78, 5) is 14.4. The summed E-state index contributed by atoms with van der Waals surface area (Å²) in [5.74, 6) is -1.52. The molecule has 1 heterocycles. The van der Waals surface area contributed by atoms with Crippen LogP contribution in [0.3, 0.4) is 0 Å². The number of amides is 1. The topological polar surface area (TPSA) is 20.3 Å². The average molecular weight is 345 g/mol. The number of fused-ring (bicyclic) bond motifs is 2. The molecule has 1 aromatic carbocycles. The standard InChI is InChI=1S/C21H25F2NO/c1-12(2)15-10-16(15)13-3-6-17-18(9-13)24(19(25)20(17)7-8-20)11-21(22,23)14-4-5-14/h3,6,9,12,14-16H,4-5,7-8,10-11H2,1-2H3/t15-,16-/m1/s1. The number of alkyl halides is 2. The monoisotopic (exact) mass is 345 g/mol. The molecule has 0 aromatic heterocycles. The van der Waals surface area contributed by atoms with Crippen molar-refractivity contribution in [3.05, 3.63) is 29.3 Å². The normalized spacial score (nSPS) is 29.5. The fraction of sp³-hybridized carbons (Fsp3) is 0.667. The number of carbonyl (C=O) groups excluding carboxylic acids is 1. The maximum absolute atomic E-state index is 14.4. The quantitative estimate of drug-likeness (QED) is 0.745. The zero-order valence-corrected chi connectivity index (χ0v) is 14.9. The molecule has 2 atom stereocenters. The zero-order valence-electron chi connectivity index (χ0n) is 14.9. The summed E-state index contributed by atoms with van der Waals surface area (Å²) >= 11 is 0. The Morgan fingerprint density at radius 2 is 2.00 bits per heavy atom. The van der Waals surface area contributed by atoms with Gasteiger partial charge in [0.1, 0.15) is 0 Å². The first-order valence-corrected chi connectivity index (χ1v) is 9.68. The van der Waals surface area contributed by atoms with Crippen molar-refractivity contribution in [3.8, 4) is 0 Å². The van der Waals surface area contributed by atoms with E-state index in [1.54, 1.807) is 0 Å². The Balaban J connectivity index is 1.49. The summed E-state index contributed by atoms with van der Waals surface area (Å²) < 4.78 is 28.9. The summed E-state index contributed by atoms with van der Waals surface area (Å²) in [5.41, 5.74) is 2.51. The van der Waals surface area contributed by atoms with Crippen LogP contribution in [0.25, 0.3) is 0 Å². The van der Waals surface area contributed by atoms with E-state index in [9.17, 15) is 13.6 Å². The Morgan fingerprint density at radius 1 is 1.28 bits per heavy atom. The lowest BCUT2D eigenvalue weighted by atomic mass is 9.95. The molecule has 4 heteroatoms. The number of nitrogens with zero attached hydrogens (tertiary/aromatic N) is 1. The van der Waals surface area contributed by atoms with Crippen molar-refractivity contribution in [3.63, 3.8) is 0 Å². The van der Waals surface area contributed by atoms with Crippen molar-refractivity contribution >= 4 is 11.6 Å². The van der Waals surface area contributed by atoms with Gasteiger partial charge in [-0.15, -0.1) is 0 Å². The van der Waals surface area contributed by atoms with Crippen LogP contribution in [0, 0.1) is 17.8 Å². The van der Waals surface area contributed by atoms with Crippen molar-refractivity contribution in [2.75, 3.05) is 11.4 Å². The summed E-state index contributed by atoms with van der Waals surface area (Å²) in [6.07, 6.45) is 3.97. The molecule has 1 aromatic rings. The van der Waals surface area contributed by atoms with E-state index in [2.05, 4.69) is 32.0 Å². The van der Waals surface area contributed by atoms with Gasteiger partial charge in [-0.1, -0.05) is 26.0 Å². The van der Waals surface area contributed by atoms with Crippen LogP contribution in [-0.2, 0) is 10.2 Å². The van der Waals surface area contributed by atoms with E-state index in [0.717, 1.165) is 24.1 Å². The molecule has 2 nitrogen and oxygen atoms in total. The van der Waals surface area contributed by atoms with E-state index in [0.29, 0.717) is 30.6 Å². The Kier molecular flexibility index (Phi) is 3.05. The summed E-state index contributed by atoms with van der Waals surface area (Å²) in [7, 11) is 0. The van der Waals surface area contributed by atoms with Gasteiger partial charge in [-0.25, -0.2) is 8.78 Å². The molecular weight excluding hydrogens is 320 g/mol. The number of halogens is 2. The molecule has 3 saturated carbocycles. The van der Waals surface area contributed by atoms with Gasteiger partial charge < -0.3 is 4.90 Å². The Hall–Kier alpha value is -1.45. The Labute approximate surface area is 147 Å². The molecule has 0 bridgehead atoms. The predicted molar refractivity (Wildman–Crippen MR) is 93.1 cm³/mol. The lowest BCUT2D eigenvalue weighted by Crippen LogP contribution is -2.42. The minimum atomic E-state index is -2.76. The van der Waals surface area contributed by atoms with Crippen molar-refractivity contribution in [2.45, 2.75) is 63.2 Å². The lowest BCUT2D eigenvalue weighted by molar-refractivity contribution is -0.121. The zero-order chi connectivity index (χ0) is 17.6. The SMILES string of the molecule is CC(C)[C@H]1C[C@@H]1c1ccc2c(c1)N(CC(F)(F)C1CC1)C(=O)C21CC1. The van der Waals surface area contributed by atoms with Crippen LogP contribution < -0.4 is 4.90 Å². The second kappa shape index (κ2) is 4.83. The number of anilines is 1. The number of hydrogen-bond donors (Lipinski definition) is 0. The maximum Gasteiger partial charge on any atom is 0.268 e. The van der Waals surface area contributed by atoms with Crippen LogP contribution in [0.15, 0.2) is 18.2 Å². The third-order valence-corrected chi connectivity index (χ3v) is 6.90. The highest BCUT2D eigenvalue weighted by Crippen LogP contribution is 2.60. The molecule has 0 saturated heterocycles. The number of benzene rings is 1. The average Bonchev–Trinajstić information content (AvgIpc) is 3.46. The molecule has 3 aliphatic carbocycles. The van der Waals surface area contributed by atoms with Crippen LogP contribution in [0.5, 0.6) is 0 Å². The molecule has 134 valence electrons. The highest BCUT2D eigenvalue weighted by molar-refractivity contribution is 6.10. The molecule has 1 amide bonds. The predicted octanol–water partition coefficient (Wildman–Crippen LogP) is 4.87. The summed E-state index contributed by atoms with van der Waals surface area (Å²) in [5, 5.41) is 0. The van der Waals surface area contributed by atoms with Crippen molar-refractivity contribution < 1.29 is 13.6 Å². The van der Waals surface area contributed by atoms with Crippen LogP contribution in [0.2, 0.25) is 0 Å². The third kappa shape index (κ3) is 2.29. The van der Waals surface area contributed by atoms with Crippen molar-refractivity contribution in [2.24, 2.45) is 17.8 Å². The molecule has 0 unspecified atom stereocenters. The smallest absolute Gasteiger partial charge is 0.268 e. The fourth-order valence-electron chi connectivity index (χ4n) is 4.84. The van der Waals surface area contributed by atoms with E-state index in [1.165, 1.54) is 16.9 Å². The number of rotatable bonds is 5. The lowest BCUT2D eigenvalue weighted by Gasteiger charge is -2.25. The Bertz CT molecular complexity index is 748. The fourth-order valence-corrected chi connectivity index (χ4v) is 4.84. The van der Waals surface area contributed by atoms with E-state index in [-0.39, 0.29) is 5.91 Å². The van der Waals surface area contributed by atoms with Gasteiger partial charge in [0.15, 0.2) is 0 Å². The minimum Gasteiger partial charge on any atom is -0.305 e. The summed E-state index contributed by atoms with van der Waals surface area (Å²) in [6, 6.07) is 6.25. The van der Waals surface area contributed by atoms with Crippen LogP contribution >= 0.6 is 0 Å². The second-order valence-electron chi connectivity index (χ2n) is 9.04. The molecule has 0 radical (unpaired) electrons. The Morgan fingerprint density at radius 3 is 2.56 bits per heavy atom. The van der Waals surface area contributed by atoms with E-state index in [1.807, 2.05) is 0 Å². The van der Waals surface area contributed by atoms with Gasteiger partial charge in [0, 0.05) is 11.6 Å². The number of carbonyl (C=O) groups is 1. The molecule has 0 N–H and O–H groups in total. The largest absolute Gasteiger partial charge is 0.305 e. The van der Waals surface area contributed by atoms with Gasteiger partial charge in [0.25, 0.3) is 5.92 Å². The minimum absolute atomic E-state index is 0.0869. The second-order valence-corrected chi connectivity index (χ2v) is 9.04. The van der Waals surface area contributed by atoms with E-state index in [4.69, 9.17) is 0 Å². The molecule has 1 aliphatic heterocycles. The first kappa shape index (κ1) is 15.8. The van der Waals surface area contributed by atoms with Gasteiger partial charge in [0.05, 0.1) is 12.0 Å². The third-order valence-electron chi connectivity index (χ3n) is 6.90. The van der Waals surface area contributed by atoms with Crippen LogP contribution in [0.1, 0.15) is 63.0 Å². The first-order chi connectivity index (χ1) is 11.8. The van der Waals surface area contributed by atoms with E-state index >= 15 is 0 Å². The van der Waals surface area contributed by atoms with E-state index < -0.39 is 23.8 Å². The molecule has 25 heavy (non-hydrogen) atoms. The van der Waals surface area contributed by atoms with Crippen molar-refractivity contribution in [1.82, 2.24) is 0 Å². The van der Waals surface area contributed by atoms with Crippen LogP contribution in [-0.4, -0.2) is 18.4 Å². The van der Waals surface area contributed by atoms with Gasteiger partial charge >= 0.3 is 0 Å². The molecule has 5 rings (SSSR count). The number of hydrogen-bond acceptors (Lipinski definition) is 1. The van der Waals surface area contributed by atoms with Gasteiger partial charge in [0.2, 0.25) is 5.91 Å². The first-order valence-electron chi connectivity index (χ1n) is 9.68. The van der Waals surface area contributed by atoms with Gasteiger partial charge in [-0.3, -0.25) is 4.79 Å². The van der Waals surface area contributed by atoms with Gasteiger partial charge in [-0.2, -0.15) is 0 Å². The maximum atomic E-state index is 14.4. The molecule has 4 aliphatic rings. The highest BCUT2D eigenvalue weighted by atomic mass is 19.3. The molecular formula is C21H25F2NO. The van der Waals surface area contributed by atoms with Crippen molar-refractivity contribution in [1.29, 1.82) is 0 Å².